The summed E-state index contributed by atoms with van der Waals surface area (Å²) in [5.74, 6) is 0.0382. The van der Waals surface area contributed by atoms with E-state index in [0.29, 0.717) is 43.0 Å². The number of hydrogen-bond acceptors (Lipinski definition) is 8. The summed E-state index contributed by atoms with van der Waals surface area (Å²) in [5.41, 5.74) is 7.28. The van der Waals surface area contributed by atoms with Gasteiger partial charge in [-0.2, -0.15) is 4.73 Å². The molecule has 1 fully saturated rings. The molecule has 11 heteroatoms. The van der Waals surface area contributed by atoms with Crippen LogP contribution in [0.25, 0.3) is 11.1 Å². The van der Waals surface area contributed by atoms with Crippen LogP contribution in [0, 0.1) is 5.21 Å². The molecule has 0 saturated carbocycles. The summed E-state index contributed by atoms with van der Waals surface area (Å²) in [6.45, 7) is 0.364. The second-order valence-electron chi connectivity index (χ2n) is 11.4. The molecule has 10 nitrogen and oxygen atoms in total. The number of pyridine rings is 1. The zero-order valence-corrected chi connectivity index (χ0v) is 26.7. The van der Waals surface area contributed by atoms with Crippen molar-refractivity contribution in [2.75, 3.05) is 5.75 Å². The number of nitrogens with one attached hydrogen (secondary N) is 2. The summed E-state index contributed by atoms with van der Waals surface area (Å²) in [7, 11) is 0. The van der Waals surface area contributed by atoms with E-state index in [2.05, 4.69) is 5.32 Å². The number of carbonyl (C=O) groups excluding carboxylic acids is 2. The number of ether oxygens (including phenoxy) is 2. The molecule has 1 aromatic heterocycles. The van der Waals surface area contributed by atoms with E-state index in [4.69, 9.17) is 14.7 Å². The van der Waals surface area contributed by atoms with Gasteiger partial charge in [-0.1, -0.05) is 78.5 Å². The Labute approximate surface area is 278 Å². The van der Waals surface area contributed by atoms with Crippen LogP contribution < -0.4 is 15.5 Å². The highest BCUT2D eigenvalue weighted by Crippen LogP contribution is 2.39. The van der Waals surface area contributed by atoms with Crippen LogP contribution in [-0.4, -0.2) is 34.0 Å². The van der Waals surface area contributed by atoms with E-state index >= 15 is 0 Å². The van der Waals surface area contributed by atoms with Crippen molar-refractivity contribution in [2.24, 2.45) is 0 Å². The van der Waals surface area contributed by atoms with Gasteiger partial charge in [-0.25, -0.2) is 5.48 Å². The highest BCUT2D eigenvalue weighted by molar-refractivity contribution is 7.99. The number of benzene rings is 3. The minimum Gasteiger partial charge on any atom is -0.618 e. The normalized spacial score (nSPS) is 17.6. The third-order valence-corrected chi connectivity index (χ3v) is 9.09. The molecule has 0 bridgehead atoms. The van der Waals surface area contributed by atoms with E-state index in [0.717, 1.165) is 38.1 Å². The summed E-state index contributed by atoms with van der Waals surface area (Å²) < 4.78 is 13.8. The smallest absolute Gasteiger partial charge is 0.251 e. The average Bonchev–Trinajstić information content (AvgIpc) is 3.12. The minimum absolute atomic E-state index is 0.0258. The lowest BCUT2D eigenvalue weighted by Gasteiger charge is -2.36. The highest BCUT2D eigenvalue weighted by atomic mass is 32.2. The molecular formula is C36H39N3O7S. The van der Waals surface area contributed by atoms with Crippen molar-refractivity contribution < 1.29 is 34.1 Å². The molecular weight excluding hydrogens is 618 g/mol. The van der Waals surface area contributed by atoms with Gasteiger partial charge in [0.25, 0.3) is 5.03 Å². The van der Waals surface area contributed by atoms with Crippen molar-refractivity contribution in [3.05, 3.63) is 125 Å². The third kappa shape index (κ3) is 9.87. The van der Waals surface area contributed by atoms with Crippen LogP contribution in [0.3, 0.4) is 0 Å². The topological polar surface area (TPSA) is 144 Å². The minimum atomic E-state index is -0.611. The van der Waals surface area contributed by atoms with Gasteiger partial charge in [0.1, 0.15) is 0 Å². The van der Waals surface area contributed by atoms with Crippen LogP contribution in [0.5, 0.6) is 0 Å². The lowest BCUT2D eigenvalue weighted by atomic mass is 9.99. The first kappa shape index (κ1) is 34.1. The van der Waals surface area contributed by atoms with Gasteiger partial charge in [0.05, 0.1) is 18.8 Å². The molecule has 0 unspecified atom stereocenters. The Morgan fingerprint density at radius 3 is 2.32 bits per heavy atom. The Morgan fingerprint density at radius 1 is 0.851 bits per heavy atom. The van der Waals surface area contributed by atoms with Crippen molar-refractivity contribution in [1.82, 2.24) is 10.8 Å². The van der Waals surface area contributed by atoms with Gasteiger partial charge in [0, 0.05) is 49.3 Å². The van der Waals surface area contributed by atoms with Crippen LogP contribution in [0.1, 0.15) is 66.8 Å². The van der Waals surface area contributed by atoms with E-state index in [9.17, 15) is 19.9 Å². The maximum atomic E-state index is 12.3. The van der Waals surface area contributed by atoms with Gasteiger partial charge >= 0.3 is 0 Å². The molecule has 246 valence electrons. The van der Waals surface area contributed by atoms with Gasteiger partial charge < -0.3 is 25.1 Å². The summed E-state index contributed by atoms with van der Waals surface area (Å²) in [5, 5.41) is 33.8. The third-order valence-electron chi connectivity index (χ3n) is 7.94. The van der Waals surface area contributed by atoms with Crippen molar-refractivity contribution in [3.8, 4) is 11.1 Å². The van der Waals surface area contributed by atoms with Crippen LogP contribution in [0.15, 0.2) is 102 Å². The zero-order valence-electron chi connectivity index (χ0n) is 25.9. The molecule has 3 aromatic carbocycles. The molecule has 4 N–H and O–H groups in total. The van der Waals surface area contributed by atoms with Gasteiger partial charge in [-0.3, -0.25) is 14.8 Å². The maximum absolute atomic E-state index is 12.3. The average molecular weight is 658 g/mol. The quantitative estimate of drug-likeness (QED) is 0.0348. The fourth-order valence-corrected chi connectivity index (χ4v) is 6.27. The van der Waals surface area contributed by atoms with E-state index < -0.39 is 12.2 Å². The van der Waals surface area contributed by atoms with Crippen LogP contribution in [0.2, 0.25) is 0 Å². The summed E-state index contributed by atoms with van der Waals surface area (Å²) in [6.07, 6.45) is 2.67. The fourth-order valence-electron chi connectivity index (χ4n) is 5.34. The van der Waals surface area contributed by atoms with E-state index in [1.807, 2.05) is 78.9 Å². The molecule has 5 rings (SSSR count). The second kappa shape index (κ2) is 17.1. The summed E-state index contributed by atoms with van der Waals surface area (Å²) in [6, 6.07) is 29.1. The zero-order chi connectivity index (χ0) is 33.0. The number of hydroxylamine groups is 1. The number of carbonyl (C=O) groups is 2. The molecule has 2 heterocycles. The number of aromatic nitrogens is 1. The molecule has 0 spiro atoms. The molecule has 1 aliphatic heterocycles. The SMILES string of the molecule is O=C(CCCCC(=O)NCc1cccc(-c2ccc([C@@H]3O[C@H](CSc4cccc[n+]4[O-])C[C@H](c4ccc(CO)cc4)O3)cc2)c1)NO. The fraction of sp³-hybridized carbons (Fsp3) is 0.306. The van der Waals surface area contributed by atoms with Crippen LogP contribution in [0.4, 0.5) is 0 Å². The van der Waals surface area contributed by atoms with Gasteiger partial charge in [0.2, 0.25) is 11.8 Å². The van der Waals surface area contributed by atoms with Crippen molar-refractivity contribution in [2.45, 2.75) is 68.8 Å². The van der Waals surface area contributed by atoms with Gasteiger partial charge in [-0.15, -0.1) is 0 Å². The molecule has 0 radical (unpaired) electrons. The Hall–Kier alpha value is -4.26. The monoisotopic (exact) mass is 657 g/mol. The molecule has 3 atom stereocenters. The van der Waals surface area contributed by atoms with Crippen LogP contribution >= 0.6 is 11.8 Å². The predicted octanol–water partition coefficient (Wildman–Crippen LogP) is 5.50. The largest absolute Gasteiger partial charge is 0.618 e. The van der Waals surface area contributed by atoms with E-state index in [1.54, 1.807) is 17.6 Å². The Balaban J connectivity index is 1.23. The molecule has 1 saturated heterocycles. The summed E-state index contributed by atoms with van der Waals surface area (Å²) in [4.78, 5) is 23.4. The number of unbranched alkanes of at least 4 members (excludes halogenated alkanes) is 1. The molecule has 1 aliphatic rings. The summed E-state index contributed by atoms with van der Waals surface area (Å²) >= 11 is 1.46. The van der Waals surface area contributed by atoms with E-state index in [-0.39, 0.29) is 31.1 Å². The Kier molecular flexibility index (Phi) is 12.4. The Morgan fingerprint density at radius 2 is 1.60 bits per heavy atom. The first-order chi connectivity index (χ1) is 22.9. The van der Waals surface area contributed by atoms with Crippen molar-refractivity contribution in [1.29, 1.82) is 0 Å². The van der Waals surface area contributed by atoms with Crippen molar-refractivity contribution in [3.63, 3.8) is 0 Å². The molecule has 4 aromatic rings. The predicted molar refractivity (Wildman–Crippen MR) is 177 cm³/mol. The molecule has 47 heavy (non-hydrogen) atoms. The second-order valence-corrected chi connectivity index (χ2v) is 12.4. The lowest BCUT2D eigenvalue weighted by molar-refractivity contribution is -0.645. The number of aliphatic hydroxyl groups is 1. The first-order valence-electron chi connectivity index (χ1n) is 15.6. The van der Waals surface area contributed by atoms with Crippen molar-refractivity contribution >= 4 is 23.6 Å². The van der Waals surface area contributed by atoms with E-state index in [1.165, 1.54) is 18.0 Å². The highest BCUT2D eigenvalue weighted by Gasteiger charge is 2.32. The molecule has 0 aliphatic carbocycles. The Bertz CT molecular complexity index is 1620. The number of amides is 2. The van der Waals surface area contributed by atoms with Gasteiger partial charge in [-0.05, 0) is 52.8 Å². The standard InChI is InChI=1S/C36H39N3O7S/c40-23-25-11-13-28(14-12-25)32-21-31(24-47-35-10-3-4-19-39(35)44)45-36(46-32)29-17-15-27(16-18-29)30-7-5-6-26(20-30)22-37-33(41)8-1-2-9-34(42)38-43/h3-7,10-20,31-32,36,40,43H,1-2,8-9,21-24H2,(H,37,41)(H,38,42)/t31-,32+,36+/m0/s1. The number of thioether (sulfide) groups is 1. The van der Waals surface area contributed by atoms with Gasteiger partial charge in [0.15, 0.2) is 12.5 Å². The van der Waals surface area contributed by atoms with Crippen LogP contribution in [-0.2, 0) is 32.2 Å². The molecule has 2 amide bonds. The number of aliphatic hydroxyl groups excluding tert-OH is 1. The lowest BCUT2D eigenvalue weighted by Crippen LogP contribution is -2.32. The number of rotatable bonds is 14. The number of nitrogens with zero attached hydrogens (tertiary/aromatic N) is 1. The number of hydrogen-bond donors (Lipinski definition) is 4. The first-order valence-corrected chi connectivity index (χ1v) is 16.6. The maximum Gasteiger partial charge on any atom is 0.251 e.